The van der Waals surface area contributed by atoms with Crippen LogP contribution < -0.4 is 5.32 Å². The van der Waals surface area contributed by atoms with Gasteiger partial charge in [-0.1, -0.05) is 23.8 Å². The lowest BCUT2D eigenvalue weighted by molar-refractivity contribution is 0.102. The topological polar surface area (TPSA) is 44.9 Å². The highest BCUT2D eigenvalue weighted by molar-refractivity contribution is 6.10. The number of nitrogens with one attached hydrogen (secondary N) is 2. The maximum atomic E-state index is 12.7. The summed E-state index contributed by atoms with van der Waals surface area (Å²) in [6.45, 7) is 8.02. The molecule has 1 heterocycles. The first-order chi connectivity index (χ1) is 10.5. The van der Waals surface area contributed by atoms with Gasteiger partial charge in [-0.05, 0) is 57.0 Å². The van der Waals surface area contributed by atoms with E-state index in [0.29, 0.717) is 0 Å². The number of benzene rings is 2. The van der Waals surface area contributed by atoms with Gasteiger partial charge in [0.1, 0.15) is 0 Å². The van der Waals surface area contributed by atoms with Gasteiger partial charge < -0.3 is 10.3 Å². The number of carbonyl (C=O) groups is 1. The molecule has 22 heavy (non-hydrogen) atoms. The van der Waals surface area contributed by atoms with Crippen molar-refractivity contribution in [1.29, 1.82) is 0 Å². The predicted molar refractivity (Wildman–Crippen MR) is 91.6 cm³/mol. The molecule has 0 spiro atoms. The lowest BCUT2D eigenvalue weighted by Gasteiger charge is -2.12. The zero-order valence-electron chi connectivity index (χ0n) is 13.4. The van der Waals surface area contributed by atoms with Crippen molar-refractivity contribution >= 4 is 22.5 Å². The van der Waals surface area contributed by atoms with Crippen LogP contribution in [-0.4, -0.2) is 10.9 Å². The molecule has 2 N–H and O–H groups in total. The third kappa shape index (κ3) is 2.50. The van der Waals surface area contributed by atoms with Gasteiger partial charge in [0.2, 0.25) is 0 Å². The molecule has 0 aliphatic heterocycles. The summed E-state index contributed by atoms with van der Waals surface area (Å²) in [5, 5.41) is 4.09. The van der Waals surface area contributed by atoms with E-state index in [4.69, 9.17) is 0 Å². The molecule has 3 aromatic rings. The van der Waals surface area contributed by atoms with Gasteiger partial charge >= 0.3 is 0 Å². The van der Waals surface area contributed by atoms with E-state index in [1.165, 1.54) is 5.56 Å². The number of H-pyrrole nitrogens is 1. The minimum Gasteiger partial charge on any atom is -0.359 e. The Labute approximate surface area is 130 Å². The molecule has 0 radical (unpaired) electrons. The molecule has 0 unspecified atom stereocenters. The second-order valence-electron chi connectivity index (χ2n) is 5.95. The van der Waals surface area contributed by atoms with Crippen LogP contribution in [0.2, 0.25) is 0 Å². The van der Waals surface area contributed by atoms with E-state index < -0.39 is 0 Å². The first-order valence-corrected chi connectivity index (χ1v) is 7.43. The van der Waals surface area contributed by atoms with Crippen LogP contribution in [0.25, 0.3) is 10.9 Å². The highest BCUT2D eigenvalue weighted by Gasteiger charge is 2.14. The largest absolute Gasteiger partial charge is 0.359 e. The fraction of sp³-hybridized carbons (Fsp3) is 0.211. The Balaban J connectivity index is 2.00. The van der Waals surface area contributed by atoms with Crippen LogP contribution in [0.5, 0.6) is 0 Å². The number of hydrogen-bond acceptors (Lipinski definition) is 1. The van der Waals surface area contributed by atoms with Crippen LogP contribution in [0.15, 0.2) is 36.4 Å². The Bertz CT molecular complexity index is 851. The van der Waals surface area contributed by atoms with E-state index in [9.17, 15) is 4.79 Å². The van der Waals surface area contributed by atoms with Gasteiger partial charge in [0.25, 0.3) is 5.91 Å². The van der Waals surface area contributed by atoms with Crippen LogP contribution in [0, 0.1) is 27.7 Å². The summed E-state index contributed by atoms with van der Waals surface area (Å²) < 4.78 is 0. The van der Waals surface area contributed by atoms with Gasteiger partial charge in [-0.15, -0.1) is 0 Å². The summed E-state index contributed by atoms with van der Waals surface area (Å²) in [5.74, 6) is -0.0543. The Morgan fingerprint density at radius 2 is 1.68 bits per heavy atom. The monoisotopic (exact) mass is 292 g/mol. The predicted octanol–water partition coefficient (Wildman–Crippen LogP) is 4.65. The van der Waals surface area contributed by atoms with E-state index in [-0.39, 0.29) is 5.91 Å². The number of anilines is 1. The quantitative estimate of drug-likeness (QED) is 0.709. The Kier molecular flexibility index (Phi) is 3.49. The molecule has 0 bridgehead atoms. The minimum atomic E-state index is -0.0543. The molecule has 2 aromatic carbocycles. The SMILES string of the molecule is Cc1cc(C)c(C(=O)Nc2cccc3[nH]c(C)cc23)c(C)c1. The molecule has 3 nitrogen and oxygen atoms in total. The van der Waals surface area contributed by atoms with E-state index >= 15 is 0 Å². The maximum absolute atomic E-state index is 12.7. The average molecular weight is 292 g/mol. The molecule has 0 aliphatic rings. The number of aromatic amines is 1. The minimum absolute atomic E-state index is 0.0543. The molecule has 1 amide bonds. The first kappa shape index (κ1) is 14.4. The van der Waals surface area contributed by atoms with Crippen molar-refractivity contribution in [2.24, 2.45) is 0 Å². The molecule has 3 rings (SSSR count). The van der Waals surface area contributed by atoms with Gasteiger partial charge in [-0.2, -0.15) is 0 Å². The highest BCUT2D eigenvalue weighted by atomic mass is 16.1. The lowest BCUT2D eigenvalue weighted by Crippen LogP contribution is -2.15. The van der Waals surface area contributed by atoms with E-state index in [1.807, 2.05) is 58.0 Å². The van der Waals surface area contributed by atoms with E-state index in [1.54, 1.807) is 0 Å². The van der Waals surface area contributed by atoms with Gasteiger partial charge in [0, 0.05) is 22.2 Å². The number of aryl methyl sites for hydroxylation is 4. The van der Waals surface area contributed by atoms with Crippen molar-refractivity contribution in [2.45, 2.75) is 27.7 Å². The van der Waals surface area contributed by atoms with E-state index in [0.717, 1.165) is 39.0 Å². The highest BCUT2D eigenvalue weighted by Crippen LogP contribution is 2.25. The lowest BCUT2D eigenvalue weighted by atomic mass is 9.99. The third-order valence-corrected chi connectivity index (χ3v) is 3.95. The number of hydrogen-bond donors (Lipinski definition) is 2. The molecular formula is C19H20N2O. The Hall–Kier alpha value is -2.55. The van der Waals surface area contributed by atoms with Crippen LogP contribution in [0.4, 0.5) is 5.69 Å². The molecule has 0 saturated carbocycles. The fourth-order valence-corrected chi connectivity index (χ4v) is 3.13. The Morgan fingerprint density at radius 1 is 1.00 bits per heavy atom. The van der Waals surface area contributed by atoms with Crippen LogP contribution in [0.1, 0.15) is 32.7 Å². The zero-order chi connectivity index (χ0) is 15.9. The first-order valence-electron chi connectivity index (χ1n) is 7.43. The van der Waals surface area contributed by atoms with Crippen molar-refractivity contribution < 1.29 is 4.79 Å². The number of aromatic nitrogens is 1. The summed E-state index contributed by atoms with van der Waals surface area (Å²) in [5.41, 5.74) is 6.91. The summed E-state index contributed by atoms with van der Waals surface area (Å²) in [4.78, 5) is 16.0. The van der Waals surface area contributed by atoms with Crippen molar-refractivity contribution in [3.05, 3.63) is 64.3 Å². The van der Waals surface area contributed by atoms with Crippen LogP contribution >= 0.6 is 0 Å². The normalized spacial score (nSPS) is 10.9. The summed E-state index contributed by atoms with van der Waals surface area (Å²) >= 11 is 0. The van der Waals surface area contributed by atoms with Gasteiger partial charge in [0.05, 0.1) is 5.69 Å². The van der Waals surface area contributed by atoms with Crippen molar-refractivity contribution in [2.75, 3.05) is 5.32 Å². The molecule has 112 valence electrons. The molecule has 0 fully saturated rings. The summed E-state index contributed by atoms with van der Waals surface area (Å²) in [7, 11) is 0. The molecule has 0 atom stereocenters. The maximum Gasteiger partial charge on any atom is 0.256 e. The number of amides is 1. The standard InChI is InChI=1S/C19H20N2O/c1-11-8-12(2)18(13(3)9-11)19(22)21-17-7-5-6-16-15(17)10-14(4)20-16/h5-10,20H,1-4H3,(H,21,22). The van der Waals surface area contributed by atoms with Crippen molar-refractivity contribution in [1.82, 2.24) is 4.98 Å². The van der Waals surface area contributed by atoms with Crippen LogP contribution in [-0.2, 0) is 0 Å². The summed E-state index contributed by atoms with van der Waals surface area (Å²) in [6, 6.07) is 12.0. The second-order valence-corrected chi connectivity index (χ2v) is 5.95. The molecule has 0 aliphatic carbocycles. The summed E-state index contributed by atoms with van der Waals surface area (Å²) in [6.07, 6.45) is 0. The second kappa shape index (κ2) is 5.34. The fourth-order valence-electron chi connectivity index (χ4n) is 3.13. The van der Waals surface area contributed by atoms with Crippen LogP contribution in [0.3, 0.4) is 0 Å². The van der Waals surface area contributed by atoms with Gasteiger partial charge in [-0.25, -0.2) is 0 Å². The zero-order valence-corrected chi connectivity index (χ0v) is 13.4. The van der Waals surface area contributed by atoms with E-state index in [2.05, 4.69) is 16.4 Å². The smallest absolute Gasteiger partial charge is 0.256 e. The van der Waals surface area contributed by atoms with Gasteiger partial charge in [0.15, 0.2) is 0 Å². The molecule has 3 heteroatoms. The molecule has 0 saturated heterocycles. The molecular weight excluding hydrogens is 272 g/mol. The number of fused-ring (bicyclic) bond motifs is 1. The Morgan fingerprint density at radius 3 is 2.36 bits per heavy atom. The van der Waals surface area contributed by atoms with Crippen molar-refractivity contribution in [3.63, 3.8) is 0 Å². The van der Waals surface area contributed by atoms with Gasteiger partial charge in [-0.3, -0.25) is 4.79 Å². The number of rotatable bonds is 2. The number of carbonyl (C=O) groups excluding carboxylic acids is 1. The third-order valence-electron chi connectivity index (χ3n) is 3.95. The average Bonchev–Trinajstić information content (AvgIpc) is 2.79. The van der Waals surface area contributed by atoms with Crippen molar-refractivity contribution in [3.8, 4) is 0 Å². The molecule has 1 aromatic heterocycles.